The van der Waals surface area contributed by atoms with Crippen molar-refractivity contribution in [2.24, 2.45) is 0 Å². The van der Waals surface area contributed by atoms with Gasteiger partial charge in [0, 0.05) is 37.2 Å². The summed E-state index contributed by atoms with van der Waals surface area (Å²) in [6, 6.07) is 4.86. The number of aryl methyl sites for hydroxylation is 1. The molecule has 1 amide bonds. The highest BCUT2D eigenvalue weighted by Gasteiger charge is 2.33. The molecule has 0 saturated carbocycles. The molecule has 1 atom stereocenters. The van der Waals surface area contributed by atoms with Crippen molar-refractivity contribution in [1.82, 2.24) is 9.80 Å². The first kappa shape index (κ1) is 19.0. The van der Waals surface area contributed by atoms with Crippen molar-refractivity contribution in [1.29, 1.82) is 0 Å². The fraction of sp³-hybridized carbons (Fsp3) is 0.545. The van der Waals surface area contributed by atoms with Crippen LogP contribution in [0.15, 0.2) is 27.4 Å². The number of phenolic OH excluding ortho intramolecular Hbond substituents is 1. The molecule has 2 saturated heterocycles. The zero-order chi connectivity index (χ0) is 19.7. The van der Waals surface area contributed by atoms with Crippen LogP contribution in [0.2, 0.25) is 0 Å². The monoisotopic (exact) mass is 384 g/mol. The van der Waals surface area contributed by atoms with E-state index >= 15 is 0 Å². The predicted octanol–water partition coefficient (Wildman–Crippen LogP) is 3.04. The van der Waals surface area contributed by atoms with E-state index in [1.807, 2.05) is 17.9 Å². The number of phenols is 1. The minimum absolute atomic E-state index is 0.114. The van der Waals surface area contributed by atoms with Gasteiger partial charge < -0.3 is 14.4 Å². The summed E-state index contributed by atoms with van der Waals surface area (Å²) in [7, 11) is 0. The van der Waals surface area contributed by atoms with Gasteiger partial charge in [0.2, 0.25) is 5.91 Å². The van der Waals surface area contributed by atoms with Crippen LogP contribution in [-0.4, -0.2) is 46.5 Å². The van der Waals surface area contributed by atoms with E-state index in [1.54, 1.807) is 0 Å². The van der Waals surface area contributed by atoms with Crippen LogP contribution in [-0.2, 0) is 17.8 Å². The predicted molar refractivity (Wildman–Crippen MR) is 107 cm³/mol. The van der Waals surface area contributed by atoms with Gasteiger partial charge in [0.05, 0.1) is 6.04 Å². The smallest absolute Gasteiger partial charge is 0.336 e. The Hall–Kier alpha value is -2.34. The van der Waals surface area contributed by atoms with E-state index in [2.05, 4.69) is 4.90 Å². The van der Waals surface area contributed by atoms with Gasteiger partial charge in [-0.1, -0.05) is 13.3 Å². The van der Waals surface area contributed by atoms with Crippen molar-refractivity contribution in [2.45, 2.75) is 58.0 Å². The topological polar surface area (TPSA) is 74.0 Å². The van der Waals surface area contributed by atoms with Gasteiger partial charge in [-0.15, -0.1) is 0 Å². The second kappa shape index (κ2) is 7.95. The molecule has 0 radical (unpaired) electrons. The van der Waals surface area contributed by atoms with E-state index in [-0.39, 0.29) is 17.7 Å². The molecule has 28 heavy (non-hydrogen) atoms. The number of hydrogen-bond acceptors (Lipinski definition) is 5. The first-order valence-corrected chi connectivity index (χ1v) is 10.4. The summed E-state index contributed by atoms with van der Waals surface area (Å²) < 4.78 is 5.32. The van der Waals surface area contributed by atoms with Gasteiger partial charge in [-0.05, 0) is 55.8 Å². The Bertz CT molecular complexity index is 930. The maximum absolute atomic E-state index is 13.0. The summed E-state index contributed by atoms with van der Waals surface area (Å²) in [5.74, 6) is 0.381. The minimum atomic E-state index is -0.425. The minimum Gasteiger partial charge on any atom is -0.508 e. The summed E-state index contributed by atoms with van der Waals surface area (Å²) in [5.41, 5.74) is 1.66. The van der Waals surface area contributed by atoms with Crippen LogP contribution in [0.25, 0.3) is 11.0 Å². The number of benzene rings is 1. The standard InChI is InChI=1S/C22H28N2O4/c1-2-15-11-17-16(12-21(26)28-20(17)13-19(15)25)14-24-10-4-3-7-18(24)22(27)23-8-5-6-9-23/h11-13,18,25H,2-10,14H2,1H3/t18-/m1/s1. The molecule has 2 aliphatic heterocycles. The van der Waals surface area contributed by atoms with Crippen molar-refractivity contribution in [3.8, 4) is 5.75 Å². The lowest BCUT2D eigenvalue weighted by Gasteiger charge is -2.36. The molecule has 0 bridgehead atoms. The van der Waals surface area contributed by atoms with Crippen molar-refractivity contribution in [2.75, 3.05) is 19.6 Å². The lowest BCUT2D eigenvalue weighted by molar-refractivity contribution is -0.137. The van der Waals surface area contributed by atoms with Crippen LogP contribution in [0.5, 0.6) is 5.75 Å². The highest BCUT2D eigenvalue weighted by Crippen LogP contribution is 2.29. The number of carbonyl (C=O) groups is 1. The molecule has 0 spiro atoms. The highest BCUT2D eigenvalue weighted by atomic mass is 16.4. The third kappa shape index (κ3) is 3.65. The van der Waals surface area contributed by atoms with Crippen molar-refractivity contribution < 1.29 is 14.3 Å². The molecule has 6 heteroatoms. The number of likely N-dealkylation sites (tertiary alicyclic amines) is 2. The normalized spacial score (nSPS) is 20.8. The maximum atomic E-state index is 13.0. The summed E-state index contributed by atoms with van der Waals surface area (Å²) >= 11 is 0. The maximum Gasteiger partial charge on any atom is 0.336 e. The van der Waals surface area contributed by atoms with E-state index in [4.69, 9.17) is 4.42 Å². The van der Waals surface area contributed by atoms with Crippen molar-refractivity contribution in [3.63, 3.8) is 0 Å². The first-order valence-electron chi connectivity index (χ1n) is 10.4. The fourth-order valence-electron chi connectivity index (χ4n) is 4.55. The molecule has 0 unspecified atom stereocenters. The third-order valence-electron chi connectivity index (χ3n) is 6.10. The Morgan fingerprint density at radius 1 is 1.11 bits per heavy atom. The van der Waals surface area contributed by atoms with Crippen molar-refractivity contribution in [3.05, 3.63) is 39.7 Å². The lowest BCUT2D eigenvalue weighted by Crippen LogP contribution is -2.49. The van der Waals surface area contributed by atoms with E-state index < -0.39 is 5.63 Å². The van der Waals surface area contributed by atoms with Crippen LogP contribution in [0, 0.1) is 0 Å². The van der Waals surface area contributed by atoms with Crippen LogP contribution < -0.4 is 5.63 Å². The quantitative estimate of drug-likeness (QED) is 0.820. The first-order chi connectivity index (χ1) is 13.6. The second-order valence-electron chi connectivity index (χ2n) is 7.94. The molecular formula is C22H28N2O4. The zero-order valence-electron chi connectivity index (χ0n) is 16.4. The van der Waals surface area contributed by atoms with Gasteiger partial charge in [-0.2, -0.15) is 0 Å². The van der Waals surface area contributed by atoms with E-state index in [0.29, 0.717) is 18.5 Å². The molecule has 2 aliphatic rings. The Morgan fingerprint density at radius 3 is 2.61 bits per heavy atom. The molecular weight excluding hydrogens is 356 g/mol. The number of rotatable bonds is 4. The largest absolute Gasteiger partial charge is 0.508 e. The van der Waals surface area contributed by atoms with Crippen LogP contribution in [0.3, 0.4) is 0 Å². The van der Waals surface area contributed by atoms with Gasteiger partial charge in [-0.25, -0.2) is 4.79 Å². The number of aromatic hydroxyl groups is 1. The molecule has 1 aromatic heterocycles. The molecule has 2 aromatic rings. The average molecular weight is 384 g/mol. The molecule has 150 valence electrons. The number of nitrogens with zero attached hydrogens (tertiary/aromatic N) is 2. The number of hydrogen-bond donors (Lipinski definition) is 1. The van der Waals surface area contributed by atoms with E-state index in [9.17, 15) is 14.7 Å². The van der Waals surface area contributed by atoms with Gasteiger partial charge >= 0.3 is 5.63 Å². The fourth-order valence-corrected chi connectivity index (χ4v) is 4.55. The third-order valence-corrected chi connectivity index (χ3v) is 6.10. The Kier molecular flexibility index (Phi) is 5.40. The van der Waals surface area contributed by atoms with Crippen LogP contribution in [0.1, 0.15) is 50.2 Å². The van der Waals surface area contributed by atoms with Crippen LogP contribution in [0.4, 0.5) is 0 Å². The summed E-state index contributed by atoms with van der Waals surface area (Å²) in [4.78, 5) is 29.4. The Morgan fingerprint density at radius 2 is 1.86 bits per heavy atom. The Labute approximate surface area is 164 Å². The van der Waals surface area contributed by atoms with Gasteiger partial charge in [0.1, 0.15) is 11.3 Å². The molecule has 0 aliphatic carbocycles. The molecule has 2 fully saturated rings. The zero-order valence-corrected chi connectivity index (χ0v) is 16.4. The number of fused-ring (bicyclic) bond motifs is 1. The number of carbonyl (C=O) groups excluding carboxylic acids is 1. The molecule has 1 N–H and O–H groups in total. The number of amides is 1. The average Bonchev–Trinajstić information content (AvgIpc) is 3.22. The van der Waals surface area contributed by atoms with Gasteiger partial charge in [0.15, 0.2) is 0 Å². The van der Waals surface area contributed by atoms with E-state index in [1.165, 1.54) is 12.1 Å². The molecule has 4 rings (SSSR count). The summed E-state index contributed by atoms with van der Waals surface area (Å²) in [6.45, 7) is 5.10. The summed E-state index contributed by atoms with van der Waals surface area (Å²) in [5, 5.41) is 11.0. The van der Waals surface area contributed by atoms with Gasteiger partial charge in [0.25, 0.3) is 0 Å². The number of piperidine rings is 1. The summed E-state index contributed by atoms with van der Waals surface area (Å²) in [6.07, 6.45) is 5.87. The van der Waals surface area contributed by atoms with E-state index in [0.717, 1.165) is 68.3 Å². The highest BCUT2D eigenvalue weighted by molar-refractivity contribution is 5.84. The lowest BCUT2D eigenvalue weighted by atomic mass is 9.98. The molecule has 3 heterocycles. The SMILES string of the molecule is CCc1cc2c(CN3CCCC[C@@H]3C(=O)N3CCCC3)cc(=O)oc2cc1O. The molecule has 1 aromatic carbocycles. The second-order valence-corrected chi connectivity index (χ2v) is 7.94. The van der Waals surface area contributed by atoms with Crippen LogP contribution >= 0.6 is 0 Å². The molecule has 6 nitrogen and oxygen atoms in total. The Balaban J connectivity index is 1.67. The van der Waals surface area contributed by atoms with Gasteiger partial charge in [-0.3, -0.25) is 9.69 Å². The van der Waals surface area contributed by atoms with Crippen molar-refractivity contribution >= 4 is 16.9 Å².